The van der Waals surface area contributed by atoms with Gasteiger partial charge in [-0.25, -0.2) is 9.78 Å². The molecule has 0 radical (unpaired) electrons. The molecule has 2 N–H and O–H groups in total. The Morgan fingerprint density at radius 1 is 1.24 bits per heavy atom. The number of aromatic nitrogens is 2. The second kappa shape index (κ2) is 7.81. The summed E-state index contributed by atoms with van der Waals surface area (Å²) in [6, 6.07) is 8.48. The second-order valence-electron chi connectivity index (χ2n) is 6.98. The molecule has 7 nitrogen and oxygen atoms in total. The van der Waals surface area contributed by atoms with E-state index in [9.17, 15) is 19.8 Å². The first-order valence-electron chi connectivity index (χ1n) is 8.72. The van der Waals surface area contributed by atoms with Gasteiger partial charge in [-0.2, -0.15) is 0 Å². The van der Waals surface area contributed by atoms with E-state index in [1.54, 1.807) is 35.8 Å². The first-order valence-corrected chi connectivity index (χ1v) is 8.72. The molecule has 5 rings (SSSR count). The van der Waals surface area contributed by atoms with E-state index in [-0.39, 0.29) is 86.3 Å². The van der Waals surface area contributed by atoms with Gasteiger partial charge < -0.3 is 22.4 Å². The van der Waals surface area contributed by atoms with Crippen molar-refractivity contribution < 1.29 is 81.7 Å². The van der Waals surface area contributed by atoms with Crippen LogP contribution >= 0.6 is 0 Å². The fourth-order valence-corrected chi connectivity index (χ4v) is 3.97. The average Bonchev–Trinajstić information content (AvgIpc) is 3.01. The van der Waals surface area contributed by atoms with E-state index in [2.05, 4.69) is 4.98 Å². The quantitative estimate of drug-likeness (QED) is 0.244. The number of nitrogens with zero attached hydrogens (tertiary/aromatic N) is 2. The van der Waals surface area contributed by atoms with Crippen LogP contribution in [0.15, 0.2) is 35.1 Å². The second-order valence-corrected chi connectivity index (χ2v) is 6.98. The number of fused-ring (bicyclic) bond motifs is 5. The summed E-state index contributed by atoms with van der Waals surface area (Å²) < 4.78 is 6.65. The van der Waals surface area contributed by atoms with Gasteiger partial charge >= 0.3 is 65.1 Å². The molecule has 0 amide bonds. The fraction of sp³-hybridized carbons (Fsp3) is 0.250. The van der Waals surface area contributed by atoms with Crippen LogP contribution in [0.5, 0.6) is 5.75 Å². The number of hydrogen-bond acceptors (Lipinski definition) is 6. The van der Waals surface area contributed by atoms with Gasteiger partial charge in [0.2, 0.25) is 0 Å². The largest absolute Gasteiger partial charge is 1.00 e. The van der Waals surface area contributed by atoms with Crippen LogP contribution in [0.25, 0.3) is 22.3 Å². The number of phenols is 1. The topological polar surface area (TPSA) is 102 Å². The summed E-state index contributed by atoms with van der Waals surface area (Å²) in [5.41, 5.74) is 1.25. The first-order chi connectivity index (χ1) is 12.9. The van der Waals surface area contributed by atoms with Crippen molar-refractivity contribution in [1.29, 1.82) is 0 Å². The number of aromatic hydroxyl groups is 1. The van der Waals surface area contributed by atoms with Gasteiger partial charge in [0.15, 0.2) is 5.60 Å². The molecule has 2 aliphatic heterocycles. The van der Waals surface area contributed by atoms with Crippen molar-refractivity contribution in [1.82, 2.24) is 9.55 Å². The molecule has 0 fully saturated rings. The Labute approximate surface area is 213 Å². The monoisotopic (exact) mass is 412 g/mol. The zero-order valence-electron chi connectivity index (χ0n) is 18.5. The zero-order valence-corrected chi connectivity index (χ0v) is 20.5. The molecule has 0 bridgehead atoms. The molecule has 3 aromatic rings. The van der Waals surface area contributed by atoms with Crippen molar-refractivity contribution in [3.8, 4) is 17.1 Å². The maximum absolute atomic E-state index is 13.0. The number of carbonyl (C=O) groups is 1. The average molecular weight is 412 g/mol. The summed E-state index contributed by atoms with van der Waals surface area (Å²) in [5.74, 6) is -0.585. The van der Waals surface area contributed by atoms with Gasteiger partial charge in [0, 0.05) is 16.5 Å². The van der Waals surface area contributed by atoms with Crippen LogP contribution in [-0.2, 0) is 28.3 Å². The maximum atomic E-state index is 13.0. The number of cyclic esters (lactones) is 1. The van der Waals surface area contributed by atoms with Crippen LogP contribution in [-0.4, -0.2) is 25.7 Å². The molecule has 1 atom stereocenters. The van der Waals surface area contributed by atoms with Crippen LogP contribution in [0.4, 0.5) is 0 Å². The van der Waals surface area contributed by atoms with Crippen molar-refractivity contribution in [2.75, 3.05) is 0 Å². The molecule has 9 heteroatoms. The van der Waals surface area contributed by atoms with Crippen LogP contribution in [0, 0.1) is 0 Å². The Morgan fingerprint density at radius 3 is 2.72 bits per heavy atom. The molecular formula is C20H18N2Na2O5. The van der Waals surface area contributed by atoms with E-state index in [4.69, 9.17) is 4.74 Å². The minimum absolute atomic E-state index is 0. The summed E-state index contributed by atoms with van der Waals surface area (Å²) in [7, 11) is 0. The van der Waals surface area contributed by atoms with Gasteiger partial charge in [-0.15, -0.1) is 0 Å². The molecule has 4 heterocycles. The van der Waals surface area contributed by atoms with Crippen LogP contribution < -0.4 is 64.7 Å². The minimum atomic E-state index is -1.83. The maximum Gasteiger partial charge on any atom is 1.00 e. The zero-order chi connectivity index (χ0) is 18.9. The van der Waals surface area contributed by atoms with E-state index in [0.29, 0.717) is 34.6 Å². The van der Waals surface area contributed by atoms with Gasteiger partial charge in [0.25, 0.3) is 5.56 Å². The Morgan fingerprint density at radius 2 is 2.00 bits per heavy atom. The SMILES string of the molecule is CCC1(O)C(=O)OCc2c1cc1n(c2=O)Cc2cc3cc(O)ccc3nc2-1.[H-].[H-].[Na+].[Na+]. The van der Waals surface area contributed by atoms with Gasteiger partial charge in [-0.05, 0) is 36.8 Å². The minimum Gasteiger partial charge on any atom is -1.00 e. The molecular weight excluding hydrogens is 394 g/mol. The van der Waals surface area contributed by atoms with E-state index in [0.717, 1.165) is 10.9 Å². The van der Waals surface area contributed by atoms with Crippen molar-refractivity contribution in [3.63, 3.8) is 0 Å². The summed E-state index contributed by atoms with van der Waals surface area (Å²) in [6.45, 7) is 1.87. The third-order valence-corrected chi connectivity index (χ3v) is 5.49. The van der Waals surface area contributed by atoms with Crippen molar-refractivity contribution in [2.45, 2.75) is 32.1 Å². The number of aliphatic hydroxyl groups is 1. The Kier molecular flexibility index (Phi) is 6.06. The number of rotatable bonds is 1. The Balaban J connectivity index is 0.00000120. The number of ether oxygens (including phenoxy) is 1. The van der Waals surface area contributed by atoms with Gasteiger partial charge in [-0.3, -0.25) is 4.79 Å². The van der Waals surface area contributed by atoms with Crippen LogP contribution in [0.3, 0.4) is 0 Å². The Hall–Kier alpha value is -1.19. The third kappa shape index (κ3) is 3.20. The number of hydrogen-bond donors (Lipinski definition) is 2. The third-order valence-electron chi connectivity index (χ3n) is 5.49. The Bertz CT molecular complexity index is 1230. The molecule has 0 saturated heterocycles. The molecule has 1 aromatic carbocycles. The number of pyridine rings is 2. The predicted octanol–water partition coefficient (Wildman–Crippen LogP) is -3.98. The summed E-state index contributed by atoms with van der Waals surface area (Å²) in [6.07, 6.45) is 0.110. The van der Waals surface area contributed by atoms with Crippen molar-refractivity contribution >= 4 is 16.9 Å². The van der Waals surface area contributed by atoms with E-state index >= 15 is 0 Å². The predicted molar refractivity (Wildman–Crippen MR) is 98.4 cm³/mol. The molecule has 1 unspecified atom stereocenters. The number of carbonyl (C=O) groups excluding carboxylic acids is 1. The fourth-order valence-electron chi connectivity index (χ4n) is 3.97. The molecule has 29 heavy (non-hydrogen) atoms. The number of esters is 1. The van der Waals surface area contributed by atoms with Crippen LogP contribution in [0.2, 0.25) is 0 Å². The summed E-state index contributed by atoms with van der Waals surface area (Å²) in [5, 5.41) is 21.3. The van der Waals surface area contributed by atoms with E-state index in [1.165, 1.54) is 0 Å². The molecule has 0 aliphatic carbocycles. The standard InChI is InChI=1S/C20H16N2O5.2Na.2H/c1-2-20(26)14-7-16-17-11(5-10-6-12(23)3-4-15(10)21-17)8-22(16)18(24)13(14)9-27-19(20)25;;;;/h3-7,23,26H,2,8-9H2,1H3;;;;/q;2*+1;2*-1. The van der Waals surface area contributed by atoms with Gasteiger partial charge in [0.1, 0.15) is 12.4 Å². The molecule has 2 aromatic heterocycles. The first kappa shape index (κ1) is 22.5. The molecule has 140 valence electrons. The smallest absolute Gasteiger partial charge is 1.00 e. The van der Waals surface area contributed by atoms with Crippen molar-refractivity contribution in [2.24, 2.45) is 0 Å². The van der Waals surface area contributed by atoms with E-state index in [1.807, 2.05) is 6.07 Å². The van der Waals surface area contributed by atoms with Gasteiger partial charge in [0.05, 0.1) is 29.0 Å². The summed E-state index contributed by atoms with van der Waals surface area (Å²) >= 11 is 0. The molecule has 0 saturated carbocycles. The van der Waals surface area contributed by atoms with E-state index < -0.39 is 11.6 Å². The summed E-state index contributed by atoms with van der Waals surface area (Å²) in [4.78, 5) is 29.8. The van der Waals surface area contributed by atoms with Crippen molar-refractivity contribution in [3.05, 3.63) is 57.4 Å². The van der Waals surface area contributed by atoms with Gasteiger partial charge in [-0.1, -0.05) is 6.92 Å². The normalized spacial score (nSPS) is 18.8. The number of phenolic OH excluding ortho intramolecular Hbond substituents is 1. The number of benzene rings is 1. The van der Waals surface area contributed by atoms with Crippen LogP contribution in [0.1, 0.15) is 32.9 Å². The molecule has 2 aliphatic rings. The molecule has 0 spiro atoms.